The third-order valence-electron chi connectivity index (χ3n) is 2.50. The van der Waals surface area contributed by atoms with Gasteiger partial charge in [-0.15, -0.1) is 0 Å². The van der Waals surface area contributed by atoms with Crippen LogP contribution in [0.3, 0.4) is 0 Å². The predicted molar refractivity (Wildman–Crippen MR) is 67.8 cm³/mol. The number of hydrogen-bond acceptors (Lipinski definition) is 2. The summed E-state index contributed by atoms with van der Waals surface area (Å²) in [5.74, 6) is 0. The van der Waals surface area contributed by atoms with Crippen LogP contribution in [0.15, 0.2) is 18.2 Å². The van der Waals surface area contributed by atoms with Crippen LogP contribution in [-0.4, -0.2) is 20.1 Å². The van der Waals surface area contributed by atoms with Crippen molar-refractivity contribution in [1.29, 1.82) is 0 Å². The standard InChI is InChI=1S/C12H19ClN2/c1-4-15(5-2)12-7-6-10(9-14-3)8-11(12)13/h6-8,14H,4-5,9H2,1-3H3. The fourth-order valence-corrected chi connectivity index (χ4v) is 2.01. The molecule has 0 aliphatic heterocycles. The fourth-order valence-electron chi connectivity index (χ4n) is 1.69. The number of halogens is 1. The summed E-state index contributed by atoms with van der Waals surface area (Å²) in [4.78, 5) is 2.26. The highest BCUT2D eigenvalue weighted by molar-refractivity contribution is 6.33. The van der Waals surface area contributed by atoms with Gasteiger partial charge in [0.1, 0.15) is 0 Å². The Balaban J connectivity index is 2.91. The molecule has 0 saturated heterocycles. The lowest BCUT2D eigenvalue weighted by Gasteiger charge is -2.22. The van der Waals surface area contributed by atoms with E-state index in [1.54, 1.807) is 0 Å². The summed E-state index contributed by atoms with van der Waals surface area (Å²) < 4.78 is 0. The van der Waals surface area contributed by atoms with E-state index in [2.05, 4.69) is 36.2 Å². The van der Waals surface area contributed by atoms with Crippen LogP contribution in [0.25, 0.3) is 0 Å². The van der Waals surface area contributed by atoms with Crippen LogP contribution < -0.4 is 10.2 Å². The van der Waals surface area contributed by atoms with Crippen molar-refractivity contribution in [3.8, 4) is 0 Å². The molecule has 0 heterocycles. The van der Waals surface area contributed by atoms with Crippen molar-refractivity contribution in [2.24, 2.45) is 0 Å². The highest BCUT2D eigenvalue weighted by atomic mass is 35.5. The number of nitrogens with zero attached hydrogens (tertiary/aromatic N) is 1. The molecule has 0 radical (unpaired) electrons. The summed E-state index contributed by atoms with van der Waals surface area (Å²) in [7, 11) is 1.94. The van der Waals surface area contributed by atoms with Crippen LogP contribution in [0, 0.1) is 0 Å². The second-order valence-electron chi connectivity index (χ2n) is 3.49. The molecule has 0 atom stereocenters. The van der Waals surface area contributed by atoms with Gasteiger partial charge in [0.2, 0.25) is 0 Å². The zero-order valence-electron chi connectivity index (χ0n) is 9.68. The van der Waals surface area contributed by atoms with Crippen molar-refractivity contribution in [2.75, 3.05) is 25.0 Å². The molecule has 3 heteroatoms. The minimum atomic E-state index is 0.839. The monoisotopic (exact) mass is 226 g/mol. The summed E-state index contributed by atoms with van der Waals surface area (Å²) in [6, 6.07) is 6.25. The average molecular weight is 227 g/mol. The molecule has 0 amide bonds. The van der Waals surface area contributed by atoms with Crippen molar-refractivity contribution < 1.29 is 0 Å². The summed E-state index contributed by atoms with van der Waals surface area (Å²) in [6.45, 7) is 7.12. The van der Waals surface area contributed by atoms with E-state index in [-0.39, 0.29) is 0 Å². The molecule has 0 aliphatic rings. The van der Waals surface area contributed by atoms with Gasteiger partial charge in [0.15, 0.2) is 0 Å². The van der Waals surface area contributed by atoms with Crippen LogP contribution >= 0.6 is 11.6 Å². The molecule has 0 saturated carbocycles. The van der Waals surface area contributed by atoms with Gasteiger partial charge in [0, 0.05) is 19.6 Å². The van der Waals surface area contributed by atoms with Gasteiger partial charge in [-0.2, -0.15) is 0 Å². The Bertz CT molecular complexity index is 308. The fraction of sp³-hybridized carbons (Fsp3) is 0.500. The maximum atomic E-state index is 6.25. The highest BCUT2D eigenvalue weighted by Gasteiger charge is 2.06. The lowest BCUT2D eigenvalue weighted by molar-refractivity contribution is 0.816. The molecule has 1 aromatic carbocycles. The molecule has 0 bridgehead atoms. The number of hydrogen-bond donors (Lipinski definition) is 1. The number of nitrogens with one attached hydrogen (secondary N) is 1. The largest absolute Gasteiger partial charge is 0.371 e. The van der Waals surface area contributed by atoms with Crippen molar-refractivity contribution in [3.63, 3.8) is 0 Å². The van der Waals surface area contributed by atoms with Gasteiger partial charge in [-0.1, -0.05) is 17.7 Å². The Morgan fingerprint density at radius 1 is 1.27 bits per heavy atom. The zero-order valence-corrected chi connectivity index (χ0v) is 10.4. The van der Waals surface area contributed by atoms with Gasteiger partial charge in [0.25, 0.3) is 0 Å². The van der Waals surface area contributed by atoms with Crippen molar-refractivity contribution in [2.45, 2.75) is 20.4 Å². The number of benzene rings is 1. The maximum absolute atomic E-state index is 6.25. The van der Waals surface area contributed by atoms with E-state index in [9.17, 15) is 0 Å². The molecule has 0 aliphatic carbocycles. The second kappa shape index (κ2) is 5.99. The van der Waals surface area contributed by atoms with Gasteiger partial charge in [0.05, 0.1) is 10.7 Å². The van der Waals surface area contributed by atoms with Crippen molar-refractivity contribution in [1.82, 2.24) is 5.32 Å². The van der Waals surface area contributed by atoms with E-state index in [4.69, 9.17) is 11.6 Å². The molecule has 1 aromatic rings. The van der Waals surface area contributed by atoms with E-state index >= 15 is 0 Å². The molecule has 2 nitrogen and oxygen atoms in total. The molecule has 84 valence electrons. The molecule has 15 heavy (non-hydrogen) atoms. The van der Waals surface area contributed by atoms with Crippen molar-refractivity contribution in [3.05, 3.63) is 28.8 Å². The van der Waals surface area contributed by atoms with Gasteiger partial charge in [-0.3, -0.25) is 0 Å². The molecule has 1 rings (SSSR count). The van der Waals surface area contributed by atoms with Crippen LogP contribution in [0.4, 0.5) is 5.69 Å². The Morgan fingerprint density at radius 2 is 1.93 bits per heavy atom. The zero-order chi connectivity index (χ0) is 11.3. The van der Waals surface area contributed by atoms with Crippen LogP contribution in [0.2, 0.25) is 5.02 Å². The quantitative estimate of drug-likeness (QED) is 0.831. The topological polar surface area (TPSA) is 15.3 Å². The van der Waals surface area contributed by atoms with Crippen molar-refractivity contribution >= 4 is 17.3 Å². The first-order chi connectivity index (χ1) is 7.22. The summed E-state index contributed by atoms with van der Waals surface area (Å²) in [6.07, 6.45) is 0. The SMILES string of the molecule is CCN(CC)c1ccc(CNC)cc1Cl. The Hall–Kier alpha value is -0.730. The Kier molecular flexibility index (Phi) is 4.92. The minimum Gasteiger partial charge on any atom is -0.371 e. The maximum Gasteiger partial charge on any atom is 0.0642 e. The first kappa shape index (κ1) is 12.3. The molecule has 1 N–H and O–H groups in total. The highest BCUT2D eigenvalue weighted by Crippen LogP contribution is 2.26. The lowest BCUT2D eigenvalue weighted by Crippen LogP contribution is -2.22. The second-order valence-corrected chi connectivity index (χ2v) is 3.90. The average Bonchev–Trinajstić information content (AvgIpc) is 2.23. The van der Waals surface area contributed by atoms with Gasteiger partial charge >= 0.3 is 0 Å². The number of rotatable bonds is 5. The molecule has 0 spiro atoms. The van der Waals surface area contributed by atoms with E-state index in [1.165, 1.54) is 5.56 Å². The summed E-state index contributed by atoms with van der Waals surface area (Å²) in [5.41, 5.74) is 2.35. The molecular formula is C12H19ClN2. The minimum absolute atomic E-state index is 0.839. The Morgan fingerprint density at radius 3 is 2.40 bits per heavy atom. The van der Waals surface area contributed by atoms with E-state index in [1.807, 2.05) is 13.1 Å². The first-order valence-electron chi connectivity index (χ1n) is 5.40. The Labute approximate surface area is 97.2 Å². The first-order valence-corrected chi connectivity index (χ1v) is 5.78. The van der Waals surface area contributed by atoms with Gasteiger partial charge in [-0.25, -0.2) is 0 Å². The molecular weight excluding hydrogens is 208 g/mol. The van der Waals surface area contributed by atoms with E-state index < -0.39 is 0 Å². The van der Waals surface area contributed by atoms with Gasteiger partial charge < -0.3 is 10.2 Å². The normalized spacial score (nSPS) is 10.4. The van der Waals surface area contributed by atoms with Crippen LogP contribution in [0.1, 0.15) is 19.4 Å². The van der Waals surface area contributed by atoms with Crippen LogP contribution in [0.5, 0.6) is 0 Å². The molecule has 0 unspecified atom stereocenters. The number of anilines is 1. The third-order valence-corrected chi connectivity index (χ3v) is 2.80. The van der Waals surface area contributed by atoms with E-state index in [0.717, 1.165) is 30.3 Å². The molecule has 0 fully saturated rings. The van der Waals surface area contributed by atoms with E-state index in [0.29, 0.717) is 0 Å². The molecule has 0 aromatic heterocycles. The lowest BCUT2D eigenvalue weighted by atomic mass is 10.2. The van der Waals surface area contributed by atoms with Gasteiger partial charge in [-0.05, 0) is 38.6 Å². The van der Waals surface area contributed by atoms with Crippen LogP contribution in [-0.2, 0) is 6.54 Å². The predicted octanol–water partition coefficient (Wildman–Crippen LogP) is 2.91. The summed E-state index contributed by atoms with van der Waals surface area (Å²) >= 11 is 6.25. The smallest absolute Gasteiger partial charge is 0.0642 e. The third kappa shape index (κ3) is 3.11. The summed E-state index contributed by atoms with van der Waals surface area (Å²) in [5, 5.41) is 3.95.